The van der Waals surface area contributed by atoms with Gasteiger partial charge in [-0.05, 0) is 43.2 Å². The molecular formula is C23H33IN4O3. The van der Waals surface area contributed by atoms with Crippen LogP contribution in [0.2, 0.25) is 0 Å². The summed E-state index contributed by atoms with van der Waals surface area (Å²) in [6, 6.07) is 14.4. The average molecular weight is 540 g/mol. The van der Waals surface area contributed by atoms with Gasteiger partial charge in [-0.2, -0.15) is 0 Å². The lowest BCUT2D eigenvalue weighted by atomic mass is 10.2. The van der Waals surface area contributed by atoms with Crippen molar-refractivity contribution in [2.45, 2.75) is 25.9 Å². The van der Waals surface area contributed by atoms with Crippen molar-refractivity contribution in [3.63, 3.8) is 0 Å². The summed E-state index contributed by atoms with van der Waals surface area (Å²) in [6.45, 7) is 5.09. The molecule has 3 rings (SSSR count). The third-order valence-electron chi connectivity index (χ3n) is 5.17. The molecule has 0 saturated carbocycles. The molecule has 0 aromatic heterocycles. The number of hydrogen-bond acceptors (Lipinski definition) is 5. The Labute approximate surface area is 202 Å². The van der Waals surface area contributed by atoms with Crippen molar-refractivity contribution < 1.29 is 14.2 Å². The highest BCUT2D eigenvalue weighted by Crippen LogP contribution is 2.30. The van der Waals surface area contributed by atoms with Crippen LogP contribution in [0.15, 0.2) is 47.5 Å². The van der Waals surface area contributed by atoms with Crippen LogP contribution in [0.3, 0.4) is 0 Å². The van der Waals surface area contributed by atoms with E-state index in [4.69, 9.17) is 14.2 Å². The standard InChI is InChI=1S/C23H32N4O3.HI/c1-5-30-21-11-10-17(14-22(21)29-4)15-25-23(24-2)26-18-12-13-27(16-18)19-8-6-7-9-20(19)28-3;/h6-11,14,18H,5,12-13,15-16H2,1-4H3,(H2,24,25,26);1H. The van der Waals surface area contributed by atoms with E-state index in [0.29, 0.717) is 19.2 Å². The third-order valence-corrected chi connectivity index (χ3v) is 5.17. The Hall–Kier alpha value is -2.36. The molecule has 0 amide bonds. The van der Waals surface area contributed by atoms with E-state index < -0.39 is 0 Å². The number of methoxy groups -OCH3 is 2. The zero-order valence-corrected chi connectivity index (χ0v) is 21.0. The van der Waals surface area contributed by atoms with Gasteiger partial charge in [0.15, 0.2) is 17.5 Å². The Morgan fingerprint density at radius 3 is 2.58 bits per heavy atom. The lowest BCUT2D eigenvalue weighted by Gasteiger charge is -2.22. The molecule has 0 aliphatic carbocycles. The number of guanidine groups is 1. The maximum Gasteiger partial charge on any atom is 0.191 e. The van der Waals surface area contributed by atoms with Gasteiger partial charge < -0.3 is 29.7 Å². The predicted octanol–water partition coefficient (Wildman–Crippen LogP) is 3.66. The van der Waals surface area contributed by atoms with Gasteiger partial charge in [-0.15, -0.1) is 24.0 Å². The maximum absolute atomic E-state index is 5.59. The van der Waals surface area contributed by atoms with E-state index in [0.717, 1.165) is 54.0 Å². The summed E-state index contributed by atoms with van der Waals surface area (Å²) < 4.78 is 16.5. The summed E-state index contributed by atoms with van der Waals surface area (Å²) in [5, 5.41) is 6.93. The van der Waals surface area contributed by atoms with Gasteiger partial charge in [-0.25, -0.2) is 0 Å². The Morgan fingerprint density at radius 2 is 1.87 bits per heavy atom. The van der Waals surface area contributed by atoms with Gasteiger partial charge in [0.05, 0.1) is 26.5 Å². The molecule has 2 N–H and O–H groups in total. The van der Waals surface area contributed by atoms with Crippen LogP contribution in [0, 0.1) is 0 Å². The quantitative estimate of drug-likeness (QED) is 0.303. The van der Waals surface area contributed by atoms with Crippen LogP contribution >= 0.6 is 24.0 Å². The number of benzene rings is 2. The van der Waals surface area contributed by atoms with Crippen molar-refractivity contribution >= 4 is 35.6 Å². The molecule has 1 aliphatic rings. The minimum atomic E-state index is 0. The molecule has 2 aromatic carbocycles. The molecule has 1 atom stereocenters. The van der Waals surface area contributed by atoms with Crippen molar-refractivity contribution in [2.24, 2.45) is 4.99 Å². The van der Waals surface area contributed by atoms with E-state index in [2.05, 4.69) is 26.6 Å². The summed E-state index contributed by atoms with van der Waals surface area (Å²) in [5.41, 5.74) is 2.23. The minimum Gasteiger partial charge on any atom is -0.495 e. The van der Waals surface area contributed by atoms with E-state index in [1.54, 1.807) is 21.3 Å². The zero-order valence-electron chi connectivity index (χ0n) is 18.7. The molecule has 0 bridgehead atoms. The van der Waals surface area contributed by atoms with E-state index in [-0.39, 0.29) is 24.0 Å². The fourth-order valence-electron chi connectivity index (χ4n) is 3.66. The second-order valence-corrected chi connectivity index (χ2v) is 7.09. The normalized spacial score (nSPS) is 15.8. The largest absolute Gasteiger partial charge is 0.495 e. The second kappa shape index (κ2) is 12.5. The topological polar surface area (TPSA) is 67.4 Å². The Morgan fingerprint density at radius 1 is 1.10 bits per heavy atom. The number of ether oxygens (including phenoxy) is 3. The van der Waals surface area contributed by atoms with Crippen LogP contribution in [0.4, 0.5) is 5.69 Å². The van der Waals surface area contributed by atoms with Crippen LogP contribution in [-0.2, 0) is 6.54 Å². The first kappa shape index (κ1) is 24.9. The van der Waals surface area contributed by atoms with Gasteiger partial charge in [-0.3, -0.25) is 4.99 Å². The van der Waals surface area contributed by atoms with Gasteiger partial charge in [0, 0.05) is 32.7 Å². The molecule has 7 nitrogen and oxygen atoms in total. The third kappa shape index (κ3) is 6.56. The number of nitrogens with zero attached hydrogens (tertiary/aromatic N) is 2. The van der Waals surface area contributed by atoms with E-state index in [9.17, 15) is 0 Å². The summed E-state index contributed by atoms with van der Waals surface area (Å²) >= 11 is 0. The molecule has 2 aromatic rings. The van der Waals surface area contributed by atoms with E-state index >= 15 is 0 Å². The molecule has 8 heteroatoms. The zero-order chi connectivity index (χ0) is 21.3. The van der Waals surface area contributed by atoms with Crippen molar-refractivity contribution in [3.05, 3.63) is 48.0 Å². The molecule has 1 heterocycles. The first-order valence-corrected chi connectivity index (χ1v) is 10.3. The fraction of sp³-hybridized carbons (Fsp3) is 0.435. The van der Waals surface area contributed by atoms with Crippen LogP contribution < -0.4 is 29.7 Å². The first-order valence-electron chi connectivity index (χ1n) is 10.3. The lowest BCUT2D eigenvalue weighted by Crippen LogP contribution is -2.44. The summed E-state index contributed by atoms with van der Waals surface area (Å²) in [5.74, 6) is 3.19. The first-order chi connectivity index (χ1) is 14.7. The van der Waals surface area contributed by atoms with Crippen LogP contribution in [0.5, 0.6) is 17.2 Å². The van der Waals surface area contributed by atoms with E-state index in [1.165, 1.54) is 0 Å². The van der Waals surface area contributed by atoms with Crippen LogP contribution in [-0.4, -0.2) is 53.0 Å². The number of hydrogen-bond donors (Lipinski definition) is 2. The highest BCUT2D eigenvalue weighted by molar-refractivity contribution is 14.0. The molecule has 1 unspecified atom stereocenters. The molecule has 170 valence electrons. The van der Waals surface area contributed by atoms with Gasteiger partial charge >= 0.3 is 0 Å². The number of nitrogens with one attached hydrogen (secondary N) is 2. The Bertz CT molecular complexity index is 862. The molecular weight excluding hydrogens is 507 g/mol. The van der Waals surface area contributed by atoms with E-state index in [1.807, 2.05) is 43.3 Å². The van der Waals surface area contributed by atoms with Crippen LogP contribution in [0.1, 0.15) is 18.9 Å². The monoisotopic (exact) mass is 540 g/mol. The summed E-state index contributed by atoms with van der Waals surface area (Å²) in [6.07, 6.45) is 1.04. The maximum atomic E-state index is 5.59. The minimum absolute atomic E-state index is 0. The number of para-hydroxylation sites is 2. The SMILES string of the molecule is CCOc1ccc(CNC(=NC)NC2CCN(c3ccccc3OC)C2)cc1OC.I. The fourth-order valence-corrected chi connectivity index (χ4v) is 3.66. The highest BCUT2D eigenvalue weighted by atomic mass is 127. The van der Waals surface area contributed by atoms with Gasteiger partial charge in [0.1, 0.15) is 5.75 Å². The second-order valence-electron chi connectivity index (χ2n) is 7.09. The molecule has 1 aliphatic heterocycles. The predicted molar refractivity (Wildman–Crippen MR) is 137 cm³/mol. The van der Waals surface area contributed by atoms with Crippen molar-refractivity contribution in [2.75, 3.05) is 45.9 Å². The van der Waals surface area contributed by atoms with Crippen LogP contribution in [0.25, 0.3) is 0 Å². The molecule has 0 spiro atoms. The molecule has 1 saturated heterocycles. The van der Waals surface area contributed by atoms with Crippen molar-refractivity contribution in [3.8, 4) is 17.2 Å². The van der Waals surface area contributed by atoms with Crippen molar-refractivity contribution in [1.82, 2.24) is 10.6 Å². The number of halogens is 1. The average Bonchev–Trinajstić information content (AvgIpc) is 3.25. The smallest absolute Gasteiger partial charge is 0.191 e. The van der Waals surface area contributed by atoms with Gasteiger partial charge in [-0.1, -0.05) is 18.2 Å². The summed E-state index contributed by atoms with van der Waals surface area (Å²) in [4.78, 5) is 6.73. The lowest BCUT2D eigenvalue weighted by molar-refractivity contribution is 0.310. The van der Waals surface area contributed by atoms with Gasteiger partial charge in [0.25, 0.3) is 0 Å². The number of anilines is 1. The number of aliphatic imine (C=N–C) groups is 1. The van der Waals surface area contributed by atoms with Crippen molar-refractivity contribution in [1.29, 1.82) is 0 Å². The molecule has 0 radical (unpaired) electrons. The Balaban J connectivity index is 0.00000341. The summed E-state index contributed by atoms with van der Waals surface area (Å²) in [7, 11) is 5.16. The van der Waals surface area contributed by atoms with Gasteiger partial charge in [0.2, 0.25) is 0 Å². The Kier molecular flexibility index (Phi) is 10.0. The molecule has 31 heavy (non-hydrogen) atoms. The molecule has 1 fully saturated rings. The number of rotatable bonds is 8. The highest BCUT2D eigenvalue weighted by Gasteiger charge is 2.25.